The number of aromatic amines is 1. The van der Waals surface area contributed by atoms with E-state index in [4.69, 9.17) is 9.40 Å². The first-order valence-corrected chi connectivity index (χ1v) is 11.0. The summed E-state index contributed by atoms with van der Waals surface area (Å²) in [6.45, 7) is 1.85. The van der Waals surface area contributed by atoms with Crippen LogP contribution in [0.1, 0.15) is 28.5 Å². The van der Waals surface area contributed by atoms with E-state index < -0.39 is 11.9 Å². The zero-order valence-electron chi connectivity index (χ0n) is 18.1. The third-order valence-electron chi connectivity index (χ3n) is 6.33. The van der Waals surface area contributed by atoms with E-state index >= 15 is 0 Å². The zero-order valence-corrected chi connectivity index (χ0v) is 18.1. The van der Waals surface area contributed by atoms with E-state index in [1.807, 2.05) is 35.2 Å². The van der Waals surface area contributed by atoms with E-state index in [0.717, 1.165) is 40.7 Å². The van der Waals surface area contributed by atoms with E-state index in [1.54, 1.807) is 24.3 Å². The van der Waals surface area contributed by atoms with E-state index in [2.05, 4.69) is 20.9 Å². The molecule has 0 saturated carbocycles. The van der Waals surface area contributed by atoms with Crippen LogP contribution in [0.25, 0.3) is 28.0 Å². The lowest BCUT2D eigenvalue weighted by Crippen LogP contribution is -2.34. The van der Waals surface area contributed by atoms with Crippen molar-refractivity contribution in [1.82, 2.24) is 24.4 Å². The Morgan fingerprint density at radius 2 is 2.18 bits per heavy atom. The van der Waals surface area contributed by atoms with Crippen molar-refractivity contribution >= 4 is 22.0 Å². The van der Waals surface area contributed by atoms with Gasteiger partial charge in [0.1, 0.15) is 0 Å². The van der Waals surface area contributed by atoms with Gasteiger partial charge in [-0.05, 0) is 35.9 Å². The number of rotatable bonds is 4. The predicted octanol–water partition coefficient (Wildman–Crippen LogP) is 2.82. The number of oxazole rings is 1. The quantitative estimate of drug-likeness (QED) is 0.430. The van der Waals surface area contributed by atoms with Crippen LogP contribution in [0.2, 0.25) is 0 Å². The molecule has 0 fully saturated rings. The van der Waals surface area contributed by atoms with Gasteiger partial charge in [-0.15, -0.1) is 0 Å². The van der Waals surface area contributed by atoms with Gasteiger partial charge in [-0.25, -0.2) is 14.8 Å². The summed E-state index contributed by atoms with van der Waals surface area (Å²) in [5, 5.41) is 21.0. The Morgan fingerprint density at radius 1 is 1.26 bits per heavy atom. The number of nitrogens with one attached hydrogen (secondary N) is 1. The number of aliphatic hydroxyl groups excluding tert-OH is 1. The summed E-state index contributed by atoms with van der Waals surface area (Å²) in [5.74, 6) is 0.0757. The molecule has 1 aliphatic heterocycles. The number of fused-ring (bicyclic) bond motifs is 3. The summed E-state index contributed by atoms with van der Waals surface area (Å²) in [7, 11) is 0. The Bertz CT molecular complexity index is 1640. The van der Waals surface area contributed by atoms with Crippen molar-refractivity contribution in [3.63, 3.8) is 0 Å². The van der Waals surface area contributed by atoms with Crippen LogP contribution in [0.4, 0.5) is 0 Å². The second kappa shape index (κ2) is 7.95. The van der Waals surface area contributed by atoms with Gasteiger partial charge in [0.2, 0.25) is 5.95 Å². The standard InChI is InChI=1S/C25H20N6O3/c26-11-16-2-1-3-21-18(16)6-9-31(21)24-27-12-17-13-30(8-7-19(17)28-24)14-22(32)15-4-5-23-20(10-15)29-25(33)34-23/h1-6,9-10,12,22,32H,7-8,13-14H2,(H,29,33). The van der Waals surface area contributed by atoms with Gasteiger partial charge in [-0.1, -0.05) is 12.1 Å². The van der Waals surface area contributed by atoms with Crippen LogP contribution in [-0.4, -0.2) is 42.6 Å². The first-order chi connectivity index (χ1) is 16.6. The molecule has 9 nitrogen and oxygen atoms in total. The number of benzene rings is 2. The van der Waals surface area contributed by atoms with Gasteiger partial charge in [0.15, 0.2) is 5.58 Å². The molecule has 3 aromatic heterocycles. The number of aliphatic hydroxyl groups is 1. The second-order valence-corrected chi connectivity index (χ2v) is 8.45. The zero-order chi connectivity index (χ0) is 23.2. The Labute approximate surface area is 193 Å². The molecule has 1 atom stereocenters. The summed E-state index contributed by atoms with van der Waals surface area (Å²) in [6, 6.07) is 15.0. The topological polar surface area (TPSA) is 124 Å². The van der Waals surface area contributed by atoms with Crippen LogP contribution in [0.15, 0.2) is 64.1 Å². The molecule has 5 aromatic rings. The number of β-amino-alcohol motifs (C(OH)–C–C–N with tert-alkyl or cyclic N) is 1. The fraction of sp³-hybridized carbons (Fsp3) is 0.200. The van der Waals surface area contributed by atoms with Crippen molar-refractivity contribution in [2.45, 2.75) is 19.1 Å². The molecule has 0 spiro atoms. The van der Waals surface area contributed by atoms with Crippen LogP contribution in [0, 0.1) is 11.3 Å². The van der Waals surface area contributed by atoms with Gasteiger partial charge in [0.05, 0.1) is 34.5 Å². The van der Waals surface area contributed by atoms with Gasteiger partial charge < -0.3 is 9.52 Å². The van der Waals surface area contributed by atoms with E-state index in [1.165, 1.54) is 0 Å². The summed E-state index contributed by atoms with van der Waals surface area (Å²) >= 11 is 0. The van der Waals surface area contributed by atoms with E-state index in [-0.39, 0.29) is 0 Å². The lowest BCUT2D eigenvalue weighted by molar-refractivity contribution is 0.105. The van der Waals surface area contributed by atoms with Crippen LogP contribution in [0.5, 0.6) is 0 Å². The van der Waals surface area contributed by atoms with Crippen LogP contribution in [0.3, 0.4) is 0 Å². The highest BCUT2D eigenvalue weighted by atomic mass is 16.4. The van der Waals surface area contributed by atoms with E-state index in [9.17, 15) is 15.2 Å². The fourth-order valence-corrected chi connectivity index (χ4v) is 4.60. The average Bonchev–Trinajstić information content (AvgIpc) is 3.45. The van der Waals surface area contributed by atoms with Gasteiger partial charge in [0.25, 0.3) is 0 Å². The normalized spacial score (nSPS) is 14.8. The lowest BCUT2D eigenvalue weighted by Gasteiger charge is -2.29. The maximum absolute atomic E-state index is 11.4. The van der Waals surface area contributed by atoms with Gasteiger partial charge >= 0.3 is 5.76 Å². The Balaban J connectivity index is 1.21. The molecular weight excluding hydrogens is 432 g/mol. The third kappa shape index (κ3) is 3.46. The first kappa shape index (κ1) is 20.4. The van der Waals surface area contributed by atoms with Crippen LogP contribution >= 0.6 is 0 Å². The summed E-state index contributed by atoms with van der Waals surface area (Å²) in [4.78, 5) is 25.6. The van der Waals surface area contributed by atoms with Gasteiger partial charge in [-0.2, -0.15) is 5.26 Å². The second-order valence-electron chi connectivity index (χ2n) is 8.45. The number of hydrogen-bond acceptors (Lipinski definition) is 7. The molecule has 6 rings (SSSR count). The Morgan fingerprint density at radius 3 is 3.06 bits per heavy atom. The first-order valence-electron chi connectivity index (χ1n) is 11.0. The highest BCUT2D eigenvalue weighted by molar-refractivity contribution is 5.87. The molecule has 1 aliphatic rings. The maximum atomic E-state index is 11.4. The smallest absolute Gasteiger partial charge is 0.408 e. The SMILES string of the molecule is N#Cc1cccc2c1ccn2-c1ncc2c(n1)CCN(CC(O)c1ccc3oc(=O)[nH]c3c1)C2. The molecule has 9 heteroatoms. The van der Waals surface area contributed by atoms with Crippen LogP contribution in [-0.2, 0) is 13.0 Å². The molecule has 2 aromatic carbocycles. The highest BCUT2D eigenvalue weighted by Gasteiger charge is 2.22. The number of aromatic nitrogens is 4. The molecule has 2 N–H and O–H groups in total. The minimum absolute atomic E-state index is 0.452. The van der Waals surface area contributed by atoms with Crippen molar-refractivity contribution in [3.05, 3.63) is 87.8 Å². The minimum atomic E-state index is -0.704. The van der Waals surface area contributed by atoms with Crippen molar-refractivity contribution in [2.24, 2.45) is 0 Å². The number of hydrogen-bond donors (Lipinski definition) is 2. The average molecular weight is 452 g/mol. The molecule has 0 radical (unpaired) electrons. The molecule has 1 unspecified atom stereocenters. The molecule has 4 heterocycles. The molecule has 34 heavy (non-hydrogen) atoms. The summed E-state index contributed by atoms with van der Waals surface area (Å²) in [6.07, 6.45) is 3.78. The maximum Gasteiger partial charge on any atom is 0.417 e. The molecule has 0 amide bonds. The van der Waals surface area contributed by atoms with Crippen molar-refractivity contribution in [3.8, 4) is 12.0 Å². The highest BCUT2D eigenvalue weighted by Crippen LogP contribution is 2.25. The summed E-state index contributed by atoms with van der Waals surface area (Å²) < 4.78 is 6.94. The molecule has 0 saturated heterocycles. The lowest BCUT2D eigenvalue weighted by atomic mass is 10.0. The van der Waals surface area contributed by atoms with Crippen molar-refractivity contribution in [1.29, 1.82) is 5.26 Å². The Hall–Kier alpha value is -4.26. The third-order valence-corrected chi connectivity index (χ3v) is 6.33. The van der Waals surface area contributed by atoms with Crippen LogP contribution < -0.4 is 5.76 Å². The molecule has 0 aliphatic carbocycles. The van der Waals surface area contributed by atoms with Crippen molar-refractivity contribution < 1.29 is 9.52 Å². The molecular formula is C25H20N6O3. The molecule has 0 bridgehead atoms. The minimum Gasteiger partial charge on any atom is -0.408 e. The molecule has 168 valence electrons. The number of nitriles is 1. The van der Waals surface area contributed by atoms with E-state index in [0.29, 0.717) is 35.7 Å². The summed E-state index contributed by atoms with van der Waals surface area (Å²) in [5.41, 5.74) is 5.32. The predicted molar refractivity (Wildman–Crippen MR) is 124 cm³/mol. The number of H-pyrrole nitrogens is 1. The van der Waals surface area contributed by atoms with Crippen molar-refractivity contribution in [2.75, 3.05) is 13.1 Å². The fourth-order valence-electron chi connectivity index (χ4n) is 4.60. The number of nitrogens with zero attached hydrogens (tertiary/aromatic N) is 5. The van der Waals surface area contributed by atoms with Gasteiger partial charge in [0, 0.05) is 49.4 Å². The Kier molecular flexibility index (Phi) is 4.76. The van der Waals surface area contributed by atoms with Gasteiger partial charge in [-0.3, -0.25) is 14.5 Å². The largest absolute Gasteiger partial charge is 0.417 e. The monoisotopic (exact) mass is 452 g/mol.